The smallest absolute Gasteiger partial charge is 0.307 e. The van der Waals surface area contributed by atoms with Crippen molar-refractivity contribution in [3.8, 4) is 0 Å². The van der Waals surface area contributed by atoms with Crippen LogP contribution in [0.5, 0.6) is 0 Å². The van der Waals surface area contributed by atoms with Gasteiger partial charge in [-0.3, -0.25) is 4.79 Å². The normalized spacial score (nSPS) is 30.0. The monoisotopic (exact) mass is 230 g/mol. The SMILES string of the molecule is CC1(C)C(C(=O)O)C1C1Cc2ccccc2C1. The Morgan fingerprint density at radius 2 is 1.76 bits per heavy atom. The predicted molar refractivity (Wildman–Crippen MR) is 65.7 cm³/mol. The summed E-state index contributed by atoms with van der Waals surface area (Å²) in [6, 6.07) is 8.52. The molecule has 2 aliphatic rings. The van der Waals surface area contributed by atoms with Gasteiger partial charge in [0.15, 0.2) is 0 Å². The lowest BCUT2D eigenvalue weighted by Crippen LogP contribution is -2.08. The van der Waals surface area contributed by atoms with Crippen LogP contribution in [0.25, 0.3) is 0 Å². The van der Waals surface area contributed by atoms with E-state index in [0.717, 1.165) is 12.8 Å². The maximum atomic E-state index is 11.2. The third-order valence-corrected chi connectivity index (χ3v) is 4.77. The highest BCUT2D eigenvalue weighted by molar-refractivity contribution is 5.75. The third kappa shape index (κ3) is 1.50. The Kier molecular flexibility index (Phi) is 2.13. The second-order valence-electron chi connectivity index (χ2n) is 6.10. The summed E-state index contributed by atoms with van der Waals surface area (Å²) in [7, 11) is 0. The first-order valence-electron chi connectivity index (χ1n) is 6.31. The van der Waals surface area contributed by atoms with Crippen LogP contribution in [-0.2, 0) is 17.6 Å². The molecule has 0 bridgehead atoms. The summed E-state index contributed by atoms with van der Waals surface area (Å²) in [5.74, 6) is 0.133. The molecule has 1 aromatic rings. The Balaban J connectivity index is 1.81. The molecule has 2 aliphatic carbocycles. The average molecular weight is 230 g/mol. The zero-order valence-electron chi connectivity index (χ0n) is 10.3. The van der Waals surface area contributed by atoms with Crippen molar-refractivity contribution in [2.75, 3.05) is 0 Å². The lowest BCUT2D eigenvalue weighted by molar-refractivity contribution is -0.139. The molecule has 0 aliphatic heterocycles. The molecular weight excluding hydrogens is 212 g/mol. The number of aliphatic carboxylic acids is 1. The topological polar surface area (TPSA) is 37.3 Å². The third-order valence-electron chi connectivity index (χ3n) is 4.77. The number of hydrogen-bond acceptors (Lipinski definition) is 1. The van der Waals surface area contributed by atoms with Gasteiger partial charge in [-0.2, -0.15) is 0 Å². The lowest BCUT2D eigenvalue weighted by atomic mass is 9.94. The van der Waals surface area contributed by atoms with Crippen molar-refractivity contribution in [1.29, 1.82) is 0 Å². The average Bonchev–Trinajstić information content (AvgIpc) is 2.68. The van der Waals surface area contributed by atoms with Gasteiger partial charge in [0.1, 0.15) is 0 Å². The first-order valence-corrected chi connectivity index (χ1v) is 6.31. The summed E-state index contributed by atoms with van der Waals surface area (Å²) in [5, 5.41) is 9.24. The molecule has 1 N–H and O–H groups in total. The molecule has 0 aromatic heterocycles. The van der Waals surface area contributed by atoms with Gasteiger partial charge in [-0.1, -0.05) is 38.1 Å². The summed E-state index contributed by atoms with van der Waals surface area (Å²) in [4.78, 5) is 11.2. The van der Waals surface area contributed by atoms with Crippen LogP contribution in [0.2, 0.25) is 0 Å². The van der Waals surface area contributed by atoms with Crippen LogP contribution in [0, 0.1) is 23.2 Å². The van der Waals surface area contributed by atoms with Crippen LogP contribution in [0.3, 0.4) is 0 Å². The Morgan fingerprint density at radius 3 is 2.18 bits per heavy atom. The number of rotatable bonds is 2. The Hall–Kier alpha value is -1.31. The molecule has 0 heterocycles. The summed E-state index contributed by atoms with van der Waals surface area (Å²) >= 11 is 0. The molecule has 17 heavy (non-hydrogen) atoms. The van der Waals surface area contributed by atoms with Crippen molar-refractivity contribution in [3.63, 3.8) is 0 Å². The molecule has 0 amide bonds. The summed E-state index contributed by atoms with van der Waals surface area (Å²) < 4.78 is 0. The van der Waals surface area contributed by atoms with E-state index in [0.29, 0.717) is 11.8 Å². The molecule has 2 nitrogen and oxygen atoms in total. The van der Waals surface area contributed by atoms with E-state index in [4.69, 9.17) is 0 Å². The second-order valence-corrected chi connectivity index (χ2v) is 6.10. The van der Waals surface area contributed by atoms with Crippen LogP contribution in [0.4, 0.5) is 0 Å². The number of carboxylic acid groups (broad SMARTS) is 1. The number of carbonyl (C=O) groups is 1. The van der Waals surface area contributed by atoms with Crippen LogP contribution in [-0.4, -0.2) is 11.1 Å². The van der Waals surface area contributed by atoms with Crippen LogP contribution in [0.15, 0.2) is 24.3 Å². The highest BCUT2D eigenvalue weighted by atomic mass is 16.4. The lowest BCUT2D eigenvalue weighted by Gasteiger charge is -2.09. The van der Waals surface area contributed by atoms with Gasteiger partial charge in [0.25, 0.3) is 0 Å². The van der Waals surface area contributed by atoms with Crippen molar-refractivity contribution in [3.05, 3.63) is 35.4 Å². The molecule has 0 saturated heterocycles. The molecule has 3 rings (SSSR count). The summed E-state index contributed by atoms with van der Waals surface area (Å²) in [6.07, 6.45) is 2.13. The van der Waals surface area contributed by atoms with Gasteiger partial charge in [0.05, 0.1) is 5.92 Å². The van der Waals surface area contributed by atoms with E-state index in [1.165, 1.54) is 11.1 Å². The van der Waals surface area contributed by atoms with E-state index in [1.54, 1.807) is 0 Å². The van der Waals surface area contributed by atoms with Gasteiger partial charge in [-0.25, -0.2) is 0 Å². The predicted octanol–water partition coefficient (Wildman–Crippen LogP) is 2.76. The minimum Gasteiger partial charge on any atom is -0.481 e. The minimum atomic E-state index is -0.615. The molecular formula is C15H18O2. The maximum Gasteiger partial charge on any atom is 0.307 e. The van der Waals surface area contributed by atoms with Gasteiger partial charge in [-0.15, -0.1) is 0 Å². The number of hydrogen-bond donors (Lipinski definition) is 1. The Bertz CT molecular complexity index is 451. The fourth-order valence-electron chi connectivity index (χ4n) is 3.88. The van der Waals surface area contributed by atoms with E-state index in [1.807, 2.05) is 0 Å². The van der Waals surface area contributed by atoms with Crippen molar-refractivity contribution in [2.45, 2.75) is 26.7 Å². The number of carboxylic acids is 1. The van der Waals surface area contributed by atoms with E-state index < -0.39 is 5.97 Å². The maximum absolute atomic E-state index is 11.2. The number of benzene rings is 1. The molecule has 0 radical (unpaired) electrons. The van der Waals surface area contributed by atoms with E-state index in [2.05, 4.69) is 38.1 Å². The molecule has 1 fully saturated rings. The Morgan fingerprint density at radius 1 is 1.24 bits per heavy atom. The largest absolute Gasteiger partial charge is 0.481 e. The Labute approximate surface area is 102 Å². The van der Waals surface area contributed by atoms with Crippen LogP contribution in [0.1, 0.15) is 25.0 Å². The summed E-state index contributed by atoms with van der Waals surface area (Å²) in [5.41, 5.74) is 2.83. The van der Waals surface area contributed by atoms with Gasteiger partial charge >= 0.3 is 5.97 Å². The van der Waals surface area contributed by atoms with Crippen molar-refractivity contribution in [2.24, 2.45) is 23.2 Å². The van der Waals surface area contributed by atoms with Crippen molar-refractivity contribution >= 4 is 5.97 Å². The highest BCUT2D eigenvalue weighted by Gasteiger charge is 2.64. The van der Waals surface area contributed by atoms with Crippen molar-refractivity contribution in [1.82, 2.24) is 0 Å². The standard InChI is InChI=1S/C15H18O2/c1-15(2)12(13(15)14(16)17)11-7-9-5-3-4-6-10(9)8-11/h3-6,11-13H,7-8H2,1-2H3,(H,16,17). The van der Waals surface area contributed by atoms with Crippen LogP contribution < -0.4 is 0 Å². The van der Waals surface area contributed by atoms with E-state index >= 15 is 0 Å². The molecule has 2 heteroatoms. The first-order chi connectivity index (χ1) is 8.01. The van der Waals surface area contributed by atoms with Gasteiger partial charge < -0.3 is 5.11 Å². The van der Waals surface area contributed by atoms with Gasteiger partial charge in [-0.05, 0) is 41.2 Å². The number of fused-ring (bicyclic) bond motifs is 1. The van der Waals surface area contributed by atoms with E-state index in [-0.39, 0.29) is 11.3 Å². The molecule has 1 aromatic carbocycles. The molecule has 90 valence electrons. The second kappa shape index (κ2) is 3.34. The highest BCUT2D eigenvalue weighted by Crippen LogP contribution is 2.63. The molecule has 2 unspecified atom stereocenters. The zero-order chi connectivity index (χ0) is 12.2. The van der Waals surface area contributed by atoms with Gasteiger partial charge in [0, 0.05) is 0 Å². The van der Waals surface area contributed by atoms with E-state index in [9.17, 15) is 9.90 Å². The van der Waals surface area contributed by atoms with Crippen molar-refractivity contribution < 1.29 is 9.90 Å². The van der Waals surface area contributed by atoms with Gasteiger partial charge in [0.2, 0.25) is 0 Å². The quantitative estimate of drug-likeness (QED) is 0.848. The molecule has 0 spiro atoms. The fourth-order valence-corrected chi connectivity index (χ4v) is 3.88. The first kappa shape index (κ1) is 10.8. The molecule has 2 atom stereocenters. The van der Waals surface area contributed by atoms with Crippen LogP contribution >= 0.6 is 0 Å². The summed E-state index contributed by atoms with van der Waals surface area (Å²) in [6.45, 7) is 4.19. The molecule has 1 saturated carbocycles. The minimum absolute atomic E-state index is 0.0153. The zero-order valence-corrected chi connectivity index (χ0v) is 10.3. The fraction of sp³-hybridized carbons (Fsp3) is 0.533.